The van der Waals surface area contributed by atoms with Crippen LogP contribution in [0.5, 0.6) is 0 Å². The van der Waals surface area contributed by atoms with Gasteiger partial charge in [0.2, 0.25) is 0 Å². The van der Waals surface area contributed by atoms with Crippen molar-refractivity contribution in [3.8, 4) is 0 Å². The van der Waals surface area contributed by atoms with Crippen molar-refractivity contribution in [2.45, 2.75) is 45.7 Å². The summed E-state index contributed by atoms with van der Waals surface area (Å²) in [7, 11) is 0. The van der Waals surface area contributed by atoms with Crippen molar-refractivity contribution in [1.82, 2.24) is 10.6 Å². The van der Waals surface area contributed by atoms with E-state index in [1.165, 1.54) is 6.92 Å². The minimum absolute atomic E-state index is 0.222. The summed E-state index contributed by atoms with van der Waals surface area (Å²) in [6.07, 6.45) is 0.960. The van der Waals surface area contributed by atoms with E-state index >= 15 is 0 Å². The molecule has 18 heavy (non-hydrogen) atoms. The molecule has 0 saturated carbocycles. The topological polar surface area (TPSA) is 105 Å². The predicted molar refractivity (Wildman–Crippen MR) is 64.1 cm³/mol. The molecular formula is C11H20N2O5. The largest absolute Gasteiger partial charge is 0.480 e. The number of urea groups is 1. The number of hydrogen-bond acceptors (Lipinski definition) is 4. The quantitative estimate of drug-likeness (QED) is 0.578. The molecule has 0 rings (SSSR count). The summed E-state index contributed by atoms with van der Waals surface area (Å²) in [4.78, 5) is 33.5. The second-order valence-electron chi connectivity index (χ2n) is 3.77. The van der Waals surface area contributed by atoms with Crippen LogP contribution < -0.4 is 10.6 Å². The number of hydrogen-bond donors (Lipinski definition) is 3. The summed E-state index contributed by atoms with van der Waals surface area (Å²) in [5.74, 6) is -1.66. The van der Waals surface area contributed by atoms with E-state index in [0.717, 1.165) is 0 Å². The van der Waals surface area contributed by atoms with E-state index in [-0.39, 0.29) is 6.61 Å². The fraction of sp³-hybridized carbons (Fsp3) is 0.727. The molecule has 2 atom stereocenters. The normalized spacial score (nSPS) is 13.3. The number of nitrogens with one attached hydrogen (secondary N) is 2. The number of carbonyl (C=O) groups is 3. The Bertz CT molecular complexity index is 306. The number of carboxylic acids is 1. The molecule has 2 amide bonds. The lowest BCUT2D eigenvalue weighted by molar-refractivity contribution is -0.144. The lowest BCUT2D eigenvalue weighted by Gasteiger charge is -2.17. The second kappa shape index (κ2) is 8.32. The molecule has 0 aromatic heterocycles. The fourth-order valence-electron chi connectivity index (χ4n) is 1.27. The molecule has 7 nitrogen and oxygen atoms in total. The van der Waals surface area contributed by atoms with Gasteiger partial charge in [-0.3, -0.25) is 0 Å². The fourth-order valence-corrected chi connectivity index (χ4v) is 1.27. The number of rotatable bonds is 7. The third-order valence-corrected chi connectivity index (χ3v) is 2.17. The number of amides is 2. The Morgan fingerprint density at radius 2 is 1.83 bits per heavy atom. The van der Waals surface area contributed by atoms with E-state index in [1.54, 1.807) is 6.92 Å². The van der Waals surface area contributed by atoms with Gasteiger partial charge in [0.1, 0.15) is 12.1 Å². The van der Waals surface area contributed by atoms with E-state index in [9.17, 15) is 14.4 Å². The summed E-state index contributed by atoms with van der Waals surface area (Å²) < 4.78 is 4.71. The molecule has 0 aliphatic rings. The maximum Gasteiger partial charge on any atom is 0.328 e. The smallest absolute Gasteiger partial charge is 0.328 e. The molecule has 0 aromatic carbocycles. The van der Waals surface area contributed by atoms with Crippen LogP contribution in [-0.4, -0.2) is 41.8 Å². The van der Waals surface area contributed by atoms with Gasteiger partial charge >= 0.3 is 18.0 Å². The van der Waals surface area contributed by atoms with Crippen molar-refractivity contribution in [3.05, 3.63) is 0 Å². The zero-order chi connectivity index (χ0) is 14.1. The van der Waals surface area contributed by atoms with Gasteiger partial charge in [-0.1, -0.05) is 13.3 Å². The third kappa shape index (κ3) is 6.07. The van der Waals surface area contributed by atoms with Gasteiger partial charge in [-0.25, -0.2) is 14.4 Å². The summed E-state index contributed by atoms with van der Waals surface area (Å²) in [5.41, 5.74) is 0. The number of ether oxygens (including phenoxy) is 1. The minimum Gasteiger partial charge on any atom is -0.480 e. The lowest BCUT2D eigenvalue weighted by atomic mass is 10.2. The Morgan fingerprint density at radius 3 is 2.28 bits per heavy atom. The molecule has 0 aromatic rings. The van der Waals surface area contributed by atoms with E-state index in [0.29, 0.717) is 12.8 Å². The van der Waals surface area contributed by atoms with Crippen molar-refractivity contribution >= 4 is 18.0 Å². The zero-order valence-corrected chi connectivity index (χ0v) is 10.9. The summed E-state index contributed by atoms with van der Waals surface area (Å²) in [5, 5.41) is 13.5. The second-order valence-corrected chi connectivity index (χ2v) is 3.77. The molecule has 3 N–H and O–H groups in total. The van der Waals surface area contributed by atoms with Crippen molar-refractivity contribution < 1.29 is 24.2 Å². The molecule has 0 saturated heterocycles. The van der Waals surface area contributed by atoms with Crippen LogP contribution in [0.1, 0.15) is 33.6 Å². The van der Waals surface area contributed by atoms with Gasteiger partial charge in [0.15, 0.2) is 0 Å². The predicted octanol–water partition coefficient (Wildman–Crippen LogP) is 0.491. The van der Waals surface area contributed by atoms with E-state index < -0.39 is 30.1 Å². The summed E-state index contributed by atoms with van der Waals surface area (Å²) >= 11 is 0. The van der Waals surface area contributed by atoms with E-state index in [1.807, 2.05) is 6.92 Å². The Hall–Kier alpha value is -1.79. The molecule has 0 fully saturated rings. The van der Waals surface area contributed by atoms with Gasteiger partial charge in [0, 0.05) is 0 Å². The first-order valence-electron chi connectivity index (χ1n) is 5.88. The van der Waals surface area contributed by atoms with Crippen molar-refractivity contribution in [2.75, 3.05) is 6.61 Å². The van der Waals surface area contributed by atoms with E-state index in [2.05, 4.69) is 10.6 Å². The molecule has 104 valence electrons. The monoisotopic (exact) mass is 260 g/mol. The highest BCUT2D eigenvalue weighted by Crippen LogP contribution is 1.97. The molecule has 0 heterocycles. The first kappa shape index (κ1) is 16.2. The Labute approximate surface area is 106 Å². The number of carboxylic acid groups (broad SMARTS) is 1. The van der Waals surface area contributed by atoms with Crippen LogP contribution in [0.25, 0.3) is 0 Å². The van der Waals surface area contributed by atoms with Crippen LogP contribution in [-0.2, 0) is 14.3 Å². The van der Waals surface area contributed by atoms with Crippen LogP contribution >= 0.6 is 0 Å². The Balaban J connectivity index is 4.23. The van der Waals surface area contributed by atoms with Gasteiger partial charge in [-0.2, -0.15) is 0 Å². The van der Waals surface area contributed by atoms with Gasteiger partial charge in [0.05, 0.1) is 6.61 Å². The lowest BCUT2D eigenvalue weighted by Crippen LogP contribution is -2.50. The summed E-state index contributed by atoms with van der Waals surface area (Å²) in [6, 6.07) is -2.47. The Morgan fingerprint density at radius 1 is 1.22 bits per heavy atom. The average Bonchev–Trinajstić information content (AvgIpc) is 2.28. The summed E-state index contributed by atoms with van der Waals surface area (Å²) in [6.45, 7) is 5.16. The number of aliphatic carboxylic acids is 1. The molecule has 0 bridgehead atoms. The van der Waals surface area contributed by atoms with Crippen molar-refractivity contribution in [1.29, 1.82) is 0 Å². The van der Waals surface area contributed by atoms with Gasteiger partial charge < -0.3 is 20.5 Å². The van der Waals surface area contributed by atoms with Crippen molar-refractivity contribution in [3.63, 3.8) is 0 Å². The average molecular weight is 260 g/mol. The molecule has 7 heteroatoms. The molecule has 0 radical (unpaired) electrons. The van der Waals surface area contributed by atoms with Crippen LogP contribution in [0, 0.1) is 0 Å². The Kier molecular flexibility index (Phi) is 7.50. The zero-order valence-electron chi connectivity index (χ0n) is 10.9. The van der Waals surface area contributed by atoms with E-state index in [4.69, 9.17) is 9.84 Å². The number of carbonyl (C=O) groups excluding carboxylic acids is 2. The molecular weight excluding hydrogens is 240 g/mol. The molecule has 0 aliphatic carbocycles. The molecule has 0 aliphatic heterocycles. The first-order valence-corrected chi connectivity index (χ1v) is 5.88. The first-order chi connectivity index (χ1) is 8.42. The van der Waals surface area contributed by atoms with Gasteiger partial charge in [-0.05, 0) is 20.3 Å². The highest BCUT2D eigenvalue weighted by molar-refractivity contribution is 5.86. The SMILES string of the molecule is CCCC(NC(=O)NC(C)C(=O)OCC)C(=O)O. The number of esters is 1. The van der Waals surface area contributed by atoms with Crippen LogP contribution in [0.4, 0.5) is 4.79 Å². The minimum atomic E-state index is -1.10. The van der Waals surface area contributed by atoms with Crippen LogP contribution in [0.15, 0.2) is 0 Å². The van der Waals surface area contributed by atoms with Crippen LogP contribution in [0.2, 0.25) is 0 Å². The maximum atomic E-state index is 11.5. The van der Waals surface area contributed by atoms with Crippen molar-refractivity contribution in [2.24, 2.45) is 0 Å². The molecule has 0 spiro atoms. The highest BCUT2D eigenvalue weighted by atomic mass is 16.5. The maximum absolute atomic E-state index is 11.5. The third-order valence-electron chi connectivity index (χ3n) is 2.17. The van der Waals surface area contributed by atoms with Crippen LogP contribution in [0.3, 0.4) is 0 Å². The highest BCUT2D eigenvalue weighted by Gasteiger charge is 2.21. The standard InChI is InChI=1S/C11H20N2O5/c1-4-6-8(9(14)15)13-11(17)12-7(3)10(16)18-5-2/h7-8H,4-6H2,1-3H3,(H,14,15)(H2,12,13,17). The van der Waals surface area contributed by atoms with Gasteiger partial charge in [0.25, 0.3) is 0 Å². The molecule has 2 unspecified atom stereocenters. The van der Waals surface area contributed by atoms with Gasteiger partial charge in [-0.15, -0.1) is 0 Å².